The number of carbonyl (C=O) groups is 1. The lowest BCUT2D eigenvalue weighted by atomic mass is 9.96. The van der Waals surface area contributed by atoms with Gasteiger partial charge in [0.2, 0.25) is 5.91 Å². The molecule has 0 aliphatic carbocycles. The Bertz CT molecular complexity index is 2290. The third kappa shape index (κ3) is 45.3. The minimum Gasteiger partial charge on any atom is -0.394 e. The van der Waals surface area contributed by atoms with E-state index in [2.05, 4.69) is 104 Å². The van der Waals surface area contributed by atoms with Crippen LogP contribution in [0, 0.1) is 0 Å². The molecule has 0 aromatic rings. The second kappa shape index (κ2) is 66.3. The van der Waals surface area contributed by atoms with E-state index in [0.717, 1.165) is 96.3 Å². The van der Waals surface area contributed by atoms with Crippen LogP contribution in [0.25, 0.3) is 0 Å². The Kier molecular flexibility index (Phi) is 60.6. The van der Waals surface area contributed by atoms with Gasteiger partial charge in [-0.3, -0.25) is 4.79 Å². The average molecular weight is 1500 g/mol. The van der Waals surface area contributed by atoms with Crippen molar-refractivity contribution >= 4 is 5.91 Å². The van der Waals surface area contributed by atoms with Gasteiger partial charge in [0.1, 0.15) is 73.2 Å². The van der Waals surface area contributed by atoms with Crippen molar-refractivity contribution in [1.82, 2.24) is 5.32 Å². The van der Waals surface area contributed by atoms with E-state index >= 15 is 0 Å². The Morgan fingerprint density at radius 1 is 0.349 bits per heavy atom. The summed E-state index contributed by atoms with van der Waals surface area (Å²) in [6, 6.07) is -0.981. The molecule has 3 aliphatic heterocycles. The zero-order valence-corrected chi connectivity index (χ0v) is 65.9. The Morgan fingerprint density at radius 2 is 0.651 bits per heavy atom. The van der Waals surface area contributed by atoms with Crippen molar-refractivity contribution in [3.63, 3.8) is 0 Å². The van der Waals surface area contributed by atoms with E-state index in [0.29, 0.717) is 6.42 Å². The van der Waals surface area contributed by atoms with E-state index in [-0.39, 0.29) is 18.9 Å². The van der Waals surface area contributed by atoms with Gasteiger partial charge in [-0.15, -0.1) is 0 Å². The minimum atomic E-state index is -1.98. The summed E-state index contributed by atoms with van der Waals surface area (Å²) in [4.78, 5) is 13.5. The highest BCUT2D eigenvalue weighted by atomic mass is 16.8. The largest absolute Gasteiger partial charge is 0.394 e. The van der Waals surface area contributed by atoms with Crippen LogP contribution in [0.2, 0.25) is 0 Å². The zero-order valence-electron chi connectivity index (χ0n) is 65.9. The number of hydrogen-bond donors (Lipinski definition) is 12. The zero-order chi connectivity index (χ0) is 76.7. The molecule has 17 atom stereocenters. The van der Waals surface area contributed by atoms with Crippen LogP contribution in [0.5, 0.6) is 0 Å². The molecule has 3 aliphatic rings. The van der Waals surface area contributed by atoms with Crippen LogP contribution in [-0.4, -0.2) is 193 Å². The molecule has 0 saturated carbocycles. The fourth-order valence-electron chi connectivity index (χ4n) is 13.9. The molecule has 614 valence electrons. The molecule has 17 unspecified atom stereocenters. The van der Waals surface area contributed by atoms with Gasteiger partial charge in [0.15, 0.2) is 18.9 Å². The van der Waals surface area contributed by atoms with Crippen LogP contribution in [-0.2, 0) is 33.2 Å². The molecule has 0 spiro atoms. The molecule has 3 saturated heterocycles. The molecule has 12 N–H and O–H groups in total. The SMILES string of the molecule is CC/C=C\C/C=C\C/C=C\C/C=C\C/C=C\C/C=C\C/C=C\CCCCCCCCCCCCCCCC(=O)NC(COC1OC(CO)C(OC2OC(CO)C(OC3OC(CO)C(O)C(O)C3O)C(O)C2O)C(O)C1O)C(O)/C=C/CCCCCCCCCCCCCCCCCCCCCCCCCC. The van der Waals surface area contributed by atoms with Crippen LogP contribution in [0.4, 0.5) is 0 Å². The highest BCUT2D eigenvalue weighted by molar-refractivity contribution is 5.76. The van der Waals surface area contributed by atoms with E-state index in [4.69, 9.17) is 28.4 Å². The molecule has 0 bridgehead atoms. The molecular formula is C87H153NO18. The summed E-state index contributed by atoms with van der Waals surface area (Å²) in [6.45, 7) is 1.66. The Hall–Kier alpha value is -3.29. The van der Waals surface area contributed by atoms with Crippen molar-refractivity contribution in [1.29, 1.82) is 0 Å². The number of aliphatic hydroxyl groups is 11. The molecule has 19 heteroatoms. The lowest BCUT2D eigenvalue weighted by molar-refractivity contribution is -0.379. The molecular weight excluding hydrogens is 1350 g/mol. The lowest BCUT2D eigenvalue weighted by Gasteiger charge is -2.48. The Morgan fingerprint density at radius 3 is 1.02 bits per heavy atom. The molecule has 3 rings (SSSR count). The lowest BCUT2D eigenvalue weighted by Crippen LogP contribution is -2.66. The summed E-state index contributed by atoms with van der Waals surface area (Å²) >= 11 is 0. The van der Waals surface area contributed by atoms with Crippen molar-refractivity contribution < 1.29 is 89.4 Å². The third-order valence-electron chi connectivity index (χ3n) is 20.6. The number of ether oxygens (including phenoxy) is 6. The maximum Gasteiger partial charge on any atom is 0.220 e. The highest BCUT2D eigenvalue weighted by Gasteiger charge is 2.54. The molecule has 0 aromatic carbocycles. The van der Waals surface area contributed by atoms with Gasteiger partial charge in [-0.1, -0.05) is 329 Å². The number of rotatable bonds is 67. The minimum absolute atomic E-state index is 0.238. The molecule has 106 heavy (non-hydrogen) atoms. The maximum atomic E-state index is 13.5. The van der Waals surface area contributed by atoms with Crippen LogP contribution in [0.15, 0.2) is 97.2 Å². The van der Waals surface area contributed by atoms with Gasteiger partial charge in [0.25, 0.3) is 0 Å². The van der Waals surface area contributed by atoms with E-state index in [9.17, 15) is 61.0 Å². The predicted molar refractivity (Wildman–Crippen MR) is 424 cm³/mol. The summed E-state index contributed by atoms with van der Waals surface area (Å²) in [5.41, 5.74) is 0. The summed E-state index contributed by atoms with van der Waals surface area (Å²) in [6.07, 6.45) is 63.9. The monoisotopic (exact) mass is 1500 g/mol. The van der Waals surface area contributed by atoms with Gasteiger partial charge in [0.05, 0.1) is 38.6 Å². The molecule has 0 radical (unpaired) electrons. The van der Waals surface area contributed by atoms with Gasteiger partial charge in [-0.2, -0.15) is 0 Å². The fourth-order valence-corrected chi connectivity index (χ4v) is 13.9. The number of amides is 1. The number of nitrogens with one attached hydrogen (secondary N) is 1. The summed E-state index contributed by atoms with van der Waals surface area (Å²) in [5.74, 6) is -0.276. The number of unbranched alkanes of at least 4 members (excludes halogenated alkanes) is 37. The molecule has 0 aromatic heterocycles. The normalized spacial score (nSPS) is 26.1. The first-order valence-electron chi connectivity index (χ1n) is 42.5. The first-order valence-corrected chi connectivity index (χ1v) is 42.5. The predicted octanol–water partition coefficient (Wildman–Crippen LogP) is 15.1. The van der Waals surface area contributed by atoms with Crippen molar-refractivity contribution in [2.75, 3.05) is 26.4 Å². The molecule has 19 nitrogen and oxygen atoms in total. The summed E-state index contributed by atoms with van der Waals surface area (Å²) in [5, 5.41) is 121. The van der Waals surface area contributed by atoms with E-state index in [1.165, 1.54) is 193 Å². The Balaban J connectivity index is 1.35. The van der Waals surface area contributed by atoms with Crippen molar-refractivity contribution in [2.45, 2.75) is 420 Å². The second-order valence-corrected chi connectivity index (χ2v) is 29.9. The standard InChI is InChI=1S/C87H153NO18/c1-3-5-7-9-11-13-15-17-19-21-23-25-27-29-31-32-33-34-35-36-37-38-39-41-43-45-47-49-51-53-55-57-59-61-63-65-75(93)88-70(71(92)64-62-60-58-56-54-52-50-48-46-44-42-40-30-28-26-24-22-20-18-16-14-12-10-8-6-4-2)69-101-85-81(99)78(96)83(73(67-90)103-85)106-87-82(100)79(97)84(74(68-91)104-87)105-86-80(98)77(95)76(94)72(66-89)102-86/h5,7,11,13,17,19,23,25,29,31,33-34,36-37,62,64,70-74,76-87,89-92,94-100H,3-4,6,8-10,12,14-16,18,20-22,24,26-28,30,32,35,38-61,63,65-69H2,1-2H3,(H,88,93)/b7-5-,13-11-,19-17-,25-23-,31-29-,34-33-,37-36-,64-62+. The van der Waals surface area contributed by atoms with Crippen LogP contribution >= 0.6 is 0 Å². The number of hydrogen-bond acceptors (Lipinski definition) is 18. The van der Waals surface area contributed by atoms with E-state index in [1.54, 1.807) is 6.08 Å². The van der Waals surface area contributed by atoms with Gasteiger partial charge in [-0.05, 0) is 77.0 Å². The van der Waals surface area contributed by atoms with Crippen LogP contribution in [0.1, 0.15) is 316 Å². The van der Waals surface area contributed by atoms with Gasteiger partial charge < -0.3 is 89.9 Å². The van der Waals surface area contributed by atoms with E-state index < -0.39 is 124 Å². The van der Waals surface area contributed by atoms with Crippen LogP contribution in [0.3, 0.4) is 0 Å². The average Bonchev–Trinajstić information content (AvgIpc) is 0.779. The second-order valence-electron chi connectivity index (χ2n) is 29.9. The van der Waals surface area contributed by atoms with Crippen molar-refractivity contribution in [2.24, 2.45) is 0 Å². The van der Waals surface area contributed by atoms with Crippen LogP contribution < -0.4 is 5.32 Å². The topological polar surface area (TPSA) is 307 Å². The first-order chi connectivity index (χ1) is 51.8. The maximum absolute atomic E-state index is 13.5. The fraction of sp³-hybridized carbons (Fsp3) is 0.805. The molecule has 3 fully saturated rings. The number of aliphatic hydroxyl groups excluding tert-OH is 11. The Labute approximate surface area is 641 Å². The quantitative estimate of drug-likeness (QED) is 0.0199. The van der Waals surface area contributed by atoms with Crippen molar-refractivity contribution in [3.05, 3.63) is 97.2 Å². The van der Waals surface area contributed by atoms with Gasteiger partial charge in [-0.25, -0.2) is 0 Å². The number of carbonyl (C=O) groups excluding carboxylic acids is 1. The van der Waals surface area contributed by atoms with E-state index in [1.807, 2.05) is 6.08 Å². The highest BCUT2D eigenvalue weighted by Crippen LogP contribution is 2.33. The van der Waals surface area contributed by atoms with Gasteiger partial charge in [0, 0.05) is 6.42 Å². The molecule has 3 heterocycles. The smallest absolute Gasteiger partial charge is 0.220 e. The molecule has 1 amide bonds. The first kappa shape index (κ1) is 96.9. The van der Waals surface area contributed by atoms with Gasteiger partial charge >= 0.3 is 0 Å². The summed E-state index contributed by atoms with van der Waals surface area (Å²) < 4.78 is 34.5. The summed E-state index contributed by atoms with van der Waals surface area (Å²) in [7, 11) is 0. The third-order valence-corrected chi connectivity index (χ3v) is 20.6. The number of allylic oxidation sites excluding steroid dienone is 15. The van der Waals surface area contributed by atoms with Crippen molar-refractivity contribution in [3.8, 4) is 0 Å².